The van der Waals surface area contributed by atoms with Crippen LogP contribution in [0.3, 0.4) is 0 Å². The van der Waals surface area contributed by atoms with E-state index < -0.39 is 0 Å². The van der Waals surface area contributed by atoms with Crippen LogP contribution in [0.15, 0.2) is 67.4 Å². The van der Waals surface area contributed by atoms with Crippen molar-refractivity contribution in [2.24, 2.45) is 5.92 Å². The van der Waals surface area contributed by atoms with E-state index in [1.165, 1.54) is 24.8 Å². The first kappa shape index (κ1) is 23.2. The van der Waals surface area contributed by atoms with Crippen LogP contribution in [0.4, 0.5) is 0 Å². The summed E-state index contributed by atoms with van der Waals surface area (Å²) in [6.45, 7) is 13.4. The Morgan fingerprint density at radius 1 is 1.28 bits per heavy atom. The van der Waals surface area contributed by atoms with Crippen LogP contribution in [-0.2, 0) is 6.42 Å². The summed E-state index contributed by atoms with van der Waals surface area (Å²) in [7, 11) is 4.03. The Morgan fingerprint density at radius 3 is 2.36 bits per heavy atom. The monoisotopic (exact) mass is 342 g/mol. The Morgan fingerprint density at radius 2 is 1.92 bits per heavy atom. The molecule has 1 atom stereocenters. The van der Waals surface area contributed by atoms with Gasteiger partial charge >= 0.3 is 0 Å². The molecule has 0 bridgehead atoms. The van der Waals surface area contributed by atoms with E-state index in [1.54, 1.807) is 6.08 Å². The van der Waals surface area contributed by atoms with Crippen molar-refractivity contribution in [3.8, 4) is 0 Å². The topological polar surface area (TPSA) is 15.3 Å². The van der Waals surface area contributed by atoms with Gasteiger partial charge in [-0.1, -0.05) is 62.1 Å². The number of hydrogen-bond acceptors (Lipinski definition) is 2. The normalized spacial score (nSPS) is 15.3. The van der Waals surface area contributed by atoms with Crippen LogP contribution in [0.1, 0.15) is 38.7 Å². The Bertz CT molecular complexity index is 476. The summed E-state index contributed by atoms with van der Waals surface area (Å²) >= 11 is 0. The van der Waals surface area contributed by atoms with Crippen molar-refractivity contribution in [3.63, 3.8) is 0 Å². The van der Waals surface area contributed by atoms with Gasteiger partial charge in [-0.05, 0) is 51.1 Å². The molecule has 1 aromatic carbocycles. The molecule has 0 fully saturated rings. The van der Waals surface area contributed by atoms with Crippen LogP contribution in [0.2, 0.25) is 0 Å². The lowest BCUT2D eigenvalue weighted by Crippen LogP contribution is -2.27. The van der Waals surface area contributed by atoms with E-state index in [0.29, 0.717) is 0 Å². The van der Waals surface area contributed by atoms with Gasteiger partial charge in [-0.2, -0.15) is 0 Å². The van der Waals surface area contributed by atoms with Crippen LogP contribution in [-0.4, -0.2) is 32.1 Å². The van der Waals surface area contributed by atoms with Gasteiger partial charge < -0.3 is 10.2 Å². The number of likely N-dealkylation sites (N-methyl/N-ethyl adjacent to an activating group) is 2. The maximum absolute atomic E-state index is 3.92. The lowest BCUT2D eigenvalue weighted by atomic mass is 9.97. The van der Waals surface area contributed by atoms with E-state index in [1.807, 2.05) is 14.0 Å². The zero-order chi connectivity index (χ0) is 18.9. The lowest BCUT2D eigenvalue weighted by molar-refractivity contribution is 0.361. The minimum atomic E-state index is 0.906. The molecule has 0 spiro atoms. The highest BCUT2D eigenvalue weighted by Gasteiger charge is 2.01. The number of nitrogens with zero attached hydrogens (tertiary/aromatic N) is 1. The van der Waals surface area contributed by atoms with E-state index in [0.717, 1.165) is 31.1 Å². The van der Waals surface area contributed by atoms with Gasteiger partial charge in [0, 0.05) is 25.8 Å². The van der Waals surface area contributed by atoms with Gasteiger partial charge in [-0.15, -0.1) is 6.58 Å². The fourth-order valence-corrected chi connectivity index (χ4v) is 2.39. The predicted octanol–water partition coefficient (Wildman–Crippen LogP) is 5.45. The minimum absolute atomic E-state index is 0.906. The lowest BCUT2D eigenvalue weighted by Gasteiger charge is -2.17. The highest BCUT2D eigenvalue weighted by atomic mass is 15.1. The summed E-state index contributed by atoms with van der Waals surface area (Å²) in [5.41, 5.74) is 2.45. The molecule has 0 unspecified atom stereocenters. The van der Waals surface area contributed by atoms with Crippen molar-refractivity contribution in [2.45, 2.75) is 39.5 Å². The summed E-state index contributed by atoms with van der Waals surface area (Å²) in [6.07, 6.45) is 11.4. The molecule has 140 valence electrons. The second kappa shape index (κ2) is 15.7. The third-order valence-corrected chi connectivity index (χ3v) is 3.97. The van der Waals surface area contributed by atoms with Crippen LogP contribution in [0, 0.1) is 5.92 Å². The summed E-state index contributed by atoms with van der Waals surface area (Å²) in [6, 6.07) is 10.6. The highest BCUT2D eigenvalue weighted by Crippen LogP contribution is 2.15. The average Bonchev–Trinajstić information content (AvgIpc) is 2.62. The number of nitrogens with one attached hydrogen (secondary N) is 1. The predicted molar refractivity (Wildman–Crippen MR) is 114 cm³/mol. The molecule has 0 amide bonds. The van der Waals surface area contributed by atoms with Gasteiger partial charge in [0.05, 0.1) is 0 Å². The summed E-state index contributed by atoms with van der Waals surface area (Å²) < 4.78 is 0. The molecule has 0 aromatic heterocycles. The second-order valence-electron chi connectivity index (χ2n) is 6.62. The molecule has 1 aromatic rings. The smallest absolute Gasteiger partial charge is 0.0372 e. The van der Waals surface area contributed by atoms with E-state index in [2.05, 4.69) is 79.8 Å². The largest absolute Gasteiger partial charge is 0.391 e. The summed E-state index contributed by atoms with van der Waals surface area (Å²) in [4.78, 5) is 2.27. The van der Waals surface area contributed by atoms with Gasteiger partial charge in [0.1, 0.15) is 0 Å². The van der Waals surface area contributed by atoms with E-state index in [-0.39, 0.29) is 0 Å². The van der Waals surface area contributed by atoms with Gasteiger partial charge in [0.25, 0.3) is 0 Å². The van der Waals surface area contributed by atoms with Crippen molar-refractivity contribution in [1.29, 1.82) is 0 Å². The third-order valence-electron chi connectivity index (χ3n) is 3.97. The quantitative estimate of drug-likeness (QED) is 0.692. The fourth-order valence-electron chi connectivity index (χ4n) is 2.39. The first-order chi connectivity index (χ1) is 12.0. The van der Waals surface area contributed by atoms with Crippen LogP contribution >= 0.6 is 0 Å². The van der Waals surface area contributed by atoms with Gasteiger partial charge in [-0.3, -0.25) is 0 Å². The van der Waals surface area contributed by atoms with Crippen LogP contribution in [0.5, 0.6) is 0 Å². The zero-order valence-corrected chi connectivity index (χ0v) is 16.8. The van der Waals surface area contributed by atoms with E-state index >= 15 is 0 Å². The Labute approximate surface area is 156 Å². The molecule has 0 saturated heterocycles. The SMILES string of the molecule is C=C(CN(C)CCc1ccccc1)NC.C=CC.C[C@@H]1CC=CCC1. The van der Waals surface area contributed by atoms with Crippen LogP contribution < -0.4 is 5.32 Å². The second-order valence-corrected chi connectivity index (χ2v) is 6.62. The molecule has 2 rings (SSSR count). The Balaban J connectivity index is 0.000000475. The van der Waals surface area contributed by atoms with Gasteiger partial charge in [-0.25, -0.2) is 0 Å². The molecule has 0 aliphatic heterocycles. The molecule has 0 saturated carbocycles. The van der Waals surface area contributed by atoms with Crippen molar-refractivity contribution >= 4 is 0 Å². The van der Waals surface area contributed by atoms with Crippen molar-refractivity contribution in [1.82, 2.24) is 10.2 Å². The van der Waals surface area contributed by atoms with E-state index in [4.69, 9.17) is 0 Å². The maximum Gasteiger partial charge on any atom is 0.0372 e. The molecule has 2 heteroatoms. The third kappa shape index (κ3) is 14.3. The highest BCUT2D eigenvalue weighted by molar-refractivity contribution is 5.14. The Hall–Kier alpha value is -1.80. The van der Waals surface area contributed by atoms with Crippen LogP contribution in [0.25, 0.3) is 0 Å². The van der Waals surface area contributed by atoms with Gasteiger partial charge in [0.15, 0.2) is 0 Å². The number of hydrogen-bond donors (Lipinski definition) is 1. The zero-order valence-electron chi connectivity index (χ0n) is 16.8. The molecule has 1 aliphatic carbocycles. The molecule has 2 nitrogen and oxygen atoms in total. The standard InChI is InChI=1S/C13H20N2.C7H12.C3H6/c1-12(14-2)11-15(3)10-9-13-7-5-4-6-8-13;1-7-5-3-2-4-6-7;1-3-2/h4-8,14H,1,9-11H2,2-3H3;2-3,7H,4-6H2,1H3;3H,1H2,2H3/t;7-;/m.1./s1. The van der Waals surface area contributed by atoms with Gasteiger partial charge in [0.2, 0.25) is 0 Å². The first-order valence-corrected chi connectivity index (χ1v) is 9.33. The number of rotatable bonds is 6. The molecule has 1 N–H and O–H groups in total. The molecular weight excluding hydrogens is 304 g/mol. The number of benzene rings is 1. The molecule has 0 radical (unpaired) electrons. The molecular formula is C23H38N2. The number of allylic oxidation sites excluding steroid dienone is 3. The van der Waals surface area contributed by atoms with Crippen molar-refractivity contribution in [2.75, 3.05) is 27.2 Å². The maximum atomic E-state index is 3.92. The first-order valence-electron chi connectivity index (χ1n) is 9.33. The fraction of sp³-hybridized carbons (Fsp3) is 0.478. The minimum Gasteiger partial charge on any atom is -0.391 e. The molecule has 25 heavy (non-hydrogen) atoms. The van der Waals surface area contributed by atoms with Crippen molar-refractivity contribution < 1.29 is 0 Å². The van der Waals surface area contributed by atoms with Crippen molar-refractivity contribution in [3.05, 3.63) is 73.0 Å². The average molecular weight is 343 g/mol. The van der Waals surface area contributed by atoms with E-state index in [9.17, 15) is 0 Å². The Kier molecular flexibility index (Phi) is 14.6. The summed E-state index contributed by atoms with van der Waals surface area (Å²) in [5, 5.41) is 3.06. The molecule has 1 aliphatic rings. The summed E-state index contributed by atoms with van der Waals surface area (Å²) in [5.74, 6) is 0.949. The molecule has 0 heterocycles.